The van der Waals surface area contributed by atoms with Gasteiger partial charge in [-0.1, -0.05) is 20.3 Å². The van der Waals surface area contributed by atoms with Gasteiger partial charge in [-0.25, -0.2) is 0 Å². The molecule has 20 heavy (non-hydrogen) atoms. The zero-order chi connectivity index (χ0) is 14.8. The summed E-state index contributed by atoms with van der Waals surface area (Å²) < 4.78 is 5.37. The van der Waals surface area contributed by atoms with E-state index in [0.717, 1.165) is 19.1 Å². The van der Waals surface area contributed by atoms with E-state index in [4.69, 9.17) is 4.74 Å². The molecule has 2 aliphatic rings. The van der Waals surface area contributed by atoms with Gasteiger partial charge < -0.3 is 10.1 Å². The van der Waals surface area contributed by atoms with Crippen LogP contribution in [0.1, 0.15) is 52.9 Å². The second-order valence-electron chi connectivity index (χ2n) is 7.52. The van der Waals surface area contributed by atoms with E-state index < -0.39 is 0 Å². The lowest BCUT2D eigenvalue weighted by Gasteiger charge is -2.50. The molecule has 0 heterocycles. The molecular formula is C17H34N2O. The minimum Gasteiger partial charge on any atom is -0.383 e. The molecule has 3 nitrogen and oxygen atoms in total. The van der Waals surface area contributed by atoms with Crippen molar-refractivity contribution in [2.24, 2.45) is 11.3 Å². The Bertz CT molecular complexity index is 301. The molecule has 1 N–H and O–H groups in total. The topological polar surface area (TPSA) is 24.5 Å². The molecule has 3 atom stereocenters. The monoisotopic (exact) mass is 282 g/mol. The number of nitrogens with zero attached hydrogens (tertiary/aromatic N) is 1. The number of likely N-dealkylation sites (N-methyl/N-ethyl adjacent to an activating group) is 1. The SMILES string of the molecule is CNC1C(N(CCOC)C(C)C2CC2)CCCC1(C)C. The number of hydrogen-bond donors (Lipinski definition) is 1. The molecular weight excluding hydrogens is 248 g/mol. The van der Waals surface area contributed by atoms with Crippen LogP contribution in [0.5, 0.6) is 0 Å². The normalized spacial score (nSPS) is 31.5. The van der Waals surface area contributed by atoms with Crippen LogP contribution in [0, 0.1) is 11.3 Å². The van der Waals surface area contributed by atoms with Gasteiger partial charge in [0.15, 0.2) is 0 Å². The lowest BCUT2D eigenvalue weighted by Crippen LogP contribution is -2.60. The predicted molar refractivity (Wildman–Crippen MR) is 85.0 cm³/mol. The Labute approximate surface area is 125 Å². The molecule has 0 aliphatic heterocycles. The molecule has 2 saturated carbocycles. The third-order valence-corrected chi connectivity index (χ3v) is 5.67. The van der Waals surface area contributed by atoms with Crippen LogP contribution in [0.25, 0.3) is 0 Å². The molecule has 0 aromatic carbocycles. The number of methoxy groups -OCH3 is 1. The van der Waals surface area contributed by atoms with Gasteiger partial charge in [0.1, 0.15) is 0 Å². The second-order valence-corrected chi connectivity index (χ2v) is 7.52. The van der Waals surface area contributed by atoms with Crippen molar-refractivity contribution in [2.45, 2.75) is 71.0 Å². The first-order valence-electron chi connectivity index (χ1n) is 8.43. The summed E-state index contributed by atoms with van der Waals surface area (Å²) >= 11 is 0. The Morgan fingerprint density at radius 3 is 2.55 bits per heavy atom. The van der Waals surface area contributed by atoms with Crippen molar-refractivity contribution < 1.29 is 4.74 Å². The van der Waals surface area contributed by atoms with E-state index in [-0.39, 0.29) is 0 Å². The van der Waals surface area contributed by atoms with Gasteiger partial charge in [-0.2, -0.15) is 0 Å². The van der Waals surface area contributed by atoms with Gasteiger partial charge in [-0.3, -0.25) is 4.90 Å². The van der Waals surface area contributed by atoms with Gasteiger partial charge >= 0.3 is 0 Å². The number of nitrogens with one attached hydrogen (secondary N) is 1. The first-order valence-corrected chi connectivity index (χ1v) is 8.43. The summed E-state index contributed by atoms with van der Waals surface area (Å²) in [5.74, 6) is 0.925. The van der Waals surface area contributed by atoms with Crippen molar-refractivity contribution in [2.75, 3.05) is 27.3 Å². The van der Waals surface area contributed by atoms with E-state index >= 15 is 0 Å². The standard InChI is InChI=1S/C17H34N2O/c1-13(14-8-9-14)19(11-12-20-5)15-7-6-10-17(2,3)16(15)18-4/h13-16,18H,6-12H2,1-5H3. The molecule has 118 valence electrons. The number of rotatable bonds is 7. The van der Waals surface area contributed by atoms with Crippen LogP contribution >= 0.6 is 0 Å². The van der Waals surface area contributed by atoms with Crippen LogP contribution in [0.15, 0.2) is 0 Å². The molecule has 2 rings (SSSR count). The van der Waals surface area contributed by atoms with Crippen LogP contribution in [0.2, 0.25) is 0 Å². The number of hydrogen-bond acceptors (Lipinski definition) is 3. The van der Waals surface area contributed by atoms with Gasteiger partial charge in [0.25, 0.3) is 0 Å². The van der Waals surface area contributed by atoms with E-state index in [1.54, 1.807) is 0 Å². The van der Waals surface area contributed by atoms with E-state index in [0.29, 0.717) is 23.5 Å². The summed E-state index contributed by atoms with van der Waals surface area (Å²) in [5.41, 5.74) is 0.395. The van der Waals surface area contributed by atoms with Crippen LogP contribution in [0.4, 0.5) is 0 Å². The molecule has 0 saturated heterocycles. The van der Waals surface area contributed by atoms with Gasteiger partial charge in [0.2, 0.25) is 0 Å². The van der Waals surface area contributed by atoms with Crippen molar-refractivity contribution in [1.82, 2.24) is 10.2 Å². The maximum atomic E-state index is 5.37. The zero-order valence-corrected chi connectivity index (χ0v) is 14.1. The second kappa shape index (κ2) is 6.76. The maximum Gasteiger partial charge on any atom is 0.0589 e. The Morgan fingerprint density at radius 2 is 2.00 bits per heavy atom. The Hall–Kier alpha value is -0.120. The predicted octanol–water partition coefficient (Wildman–Crippen LogP) is 2.90. The molecule has 2 fully saturated rings. The van der Waals surface area contributed by atoms with Crippen molar-refractivity contribution in [3.05, 3.63) is 0 Å². The van der Waals surface area contributed by atoms with E-state index in [1.807, 2.05) is 7.11 Å². The van der Waals surface area contributed by atoms with E-state index in [9.17, 15) is 0 Å². The quantitative estimate of drug-likeness (QED) is 0.777. The summed E-state index contributed by atoms with van der Waals surface area (Å²) in [5, 5.41) is 3.63. The smallest absolute Gasteiger partial charge is 0.0589 e. The molecule has 0 aromatic heterocycles. The molecule has 0 bridgehead atoms. The summed E-state index contributed by atoms with van der Waals surface area (Å²) in [7, 11) is 3.96. The summed E-state index contributed by atoms with van der Waals surface area (Å²) in [6.07, 6.45) is 6.87. The molecule has 0 amide bonds. The highest BCUT2D eigenvalue weighted by molar-refractivity contribution is 5.00. The van der Waals surface area contributed by atoms with Crippen LogP contribution in [-0.2, 0) is 4.74 Å². The summed E-state index contributed by atoms with van der Waals surface area (Å²) in [4.78, 5) is 2.75. The Morgan fingerprint density at radius 1 is 1.30 bits per heavy atom. The van der Waals surface area contributed by atoms with Gasteiger partial charge in [0, 0.05) is 31.8 Å². The third-order valence-electron chi connectivity index (χ3n) is 5.67. The highest BCUT2D eigenvalue weighted by atomic mass is 16.5. The van der Waals surface area contributed by atoms with Crippen LogP contribution in [-0.4, -0.2) is 50.3 Å². The highest BCUT2D eigenvalue weighted by Gasteiger charge is 2.43. The van der Waals surface area contributed by atoms with Crippen LogP contribution in [0.3, 0.4) is 0 Å². The minimum atomic E-state index is 0.395. The summed E-state index contributed by atoms with van der Waals surface area (Å²) in [6.45, 7) is 9.21. The Kier molecular flexibility index (Phi) is 5.49. The fourth-order valence-corrected chi connectivity index (χ4v) is 4.27. The fraction of sp³-hybridized carbons (Fsp3) is 1.00. The molecule has 3 heteroatoms. The van der Waals surface area contributed by atoms with Gasteiger partial charge in [-0.15, -0.1) is 0 Å². The third kappa shape index (κ3) is 3.55. The number of ether oxygens (including phenoxy) is 1. The summed E-state index contributed by atoms with van der Waals surface area (Å²) in [6, 6.07) is 1.96. The lowest BCUT2D eigenvalue weighted by molar-refractivity contribution is 0.00976. The van der Waals surface area contributed by atoms with Crippen molar-refractivity contribution in [3.63, 3.8) is 0 Å². The zero-order valence-electron chi connectivity index (χ0n) is 14.1. The molecule has 0 radical (unpaired) electrons. The molecule has 3 unspecified atom stereocenters. The first-order chi connectivity index (χ1) is 9.51. The molecule has 0 spiro atoms. The molecule has 0 aromatic rings. The fourth-order valence-electron chi connectivity index (χ4n) is 4.27. The van der Waals surface area contributed by atoms with Crippen molar-refractivity contribution >= 4 is 0 Å². The first kappa shape index (κ1) is 16.3. The molecule has 2 aliphatic carbocycles. The highest BCUT2D eigenvalue weighted by Crippen LogP contribution is 2.41. The largest absolute Gasteiger partial charge is 0.383 e. The van der Waals surface area contributed by atoms with Crippen LogP contribution < -0.4 is 5.32 Å². The Balaban J connectivity index is 2.12. The van der Waals surface area contributed by atoms with Crippen molar-refractivity contribution in [1.29, 1.82) is 0 Å². The van der Waals surface area contributed by atoms with Gasteiger partial charge in [0.05, 0.1) is 6.61 Å². The average Bonchev–Trinajstić information content (AvgIpc) is 3.22. The minimum absolute atomic E-state index is 0.395. The van der Waals surface area contributed by atoms with E-state index in [1.165, 1.54) is 32.1 Å². The average molecular weight is 282 g/mol. The lowest BCUT2D eigenvalue weighted by atomic mass is 9.70. The maximum absolute atomic E-state index is 5.37. The van der Waals surface area contributed by atoms with Gasteiger partial charge in [-0.05, 0) is 51.0 Å². The van der Waals surface area contributed by atoms with E-state index in [2.05, 4.69) is 38.0 Å². The van der Waals surface area contributed by atoms with Crippen molar-refractivity contribution in [3.8, 4) is 0 Å².